The van der Waals surface area contributed by atoms with Gasteiger partial charge >= 0.3 is 0 Å². The van der Waals surface area contributed by atoms with Gasteiger partial charge in [-0.1, -0.05) is 53.6 Å². The molecular weight excluding hydrogens is 404 g/mol. The molecule has 29 heavy (non-hydrogen) atoms. The van der Waals surface area contributed by atoms with Crippen molar-refractivity contribution in [2.45, 2.75) is 34.6 Å². The van der Waals surface area contributed by atoms with Gasteiger partial charge in [0.2, 0.25) is 10.0 Å². The predicted octanol–water partition coefficient (Wildman–Crippen LogP) is 4.01. The highest BCUT2D eigenvalue weighted by Gasteiger charge is 2.25. The molecule has 7 heteroatoms. The topological polar surface area (TPSA) is 87.0 Å². The number of nitriles is 1. The number of hydrogen-bond donors (Lipinski definition) is 1. The van der Waals surface area contributed by atoms with Crippen LogP contribution in [0.1, 0.15) is 22.7 Å². The van der Waals surface area contributed by atoms with Crippen molar-refractivity contribution in [1.29, 1.82) is 5.26 Å². The lowest BCUT2D eigenvalue weighted by molar-refractivity contribution is 0.574. The van der Waals surface area contributed by atoms with Crippen molar-refractivity contribution in [2.75, 3.05) is 0 Å². The van der Waals surface area contributed by atoms with Gasteiger partial charge in [0.1, 0.15) is 6.04 Å². The number of aryl methyl sites for hydroxylation is 2. The molecule has 148 valence electrons. The van der Waals surface area contributed by atoms with Crippen molar-refractivity contribution in [3.05, 3.63) is 89.5 Å². The molecule has 2 atom stereocenters. The van der Waals surface area contributed by atoms with E-state index >= 15 is 0 Å². The average Bonchev–Trinajstić information content (AvgIpc) is 2.72. The average molecular weight is 425 g/mol. The Morgan fingerprint density at radius 2 is 1.45 bits per heavy atom. The molecule has 5 nitrogen and oxygen atoms in total. The third kappa shape index (κ3) is 4.80. The highest BCUT2D eigenvalue weighted by Crippen LogP contribution is 2.26. The van der Waals surface area contributed by atoms with Crippen molar-refractivity contribution in [3.8, 4) is 6.07 Å². The molecule has 3 aromatic carbocycles. The molecule has 0 saturated carbocycles. The summed E-state index contributed by atoms with van der Waals surface area (Å²) in [7, 11) is -5.47. The highest BCUT2D eigenvalue weighted by atomic mass is 32.2. The van der Waals surface area contributed by atoms with Crippen LogP contribution in [0.2, 0.25) is 0 Å². The molecule has 0 aliphatic heterocycles. The van der Waals surface area contributed by atoms with Gasteiger partial charge in [-0.2, -0.15) is 9.98 Å². The van der Waals surface area contributed by atoms with Crippen LogP contribution in [-0.4, -0.2) is 12.6 Å². The summed E-state index contributed by atoms with van der Waals surface area (Å²) < 4.78 is 41.0. The Balaban J connectivity index is 1.96. The van der Waals surface area contributed by atoms with E-state index in [0.717, 1.165) is 11.1 Å². The summed E-state index contributed by atoms with van der Waals surface area (Å²) in [5.74, 6) is 0. The summed E-state index contributed by atoms with van der Waals surface area (Å²) in [6, 6.07) is 21.1. The van der Waals surface area contributed by atoms with Gasteiger partial charge in [0, 0.05) is 15.4 Å². The van der Waals surface area contributed by atoms with E-state index in [9.17, 15) is 17.9 Å². The number of nitrogens with one attached hydrogen (secondary N) is 1. The first-order valence-electron chi connectivity index (χ1n) is 8.88. The van der Waals surface area contributed by atoms with Gasteiger partial charge in [0.15, 0.2) is 0 Å². The Morgan fingerprint density at radius 1 is 0.897 bits per heavy atom. The third-order valence-corrected chi connectivity index (χ3v) is 7.31. The zero-order valence-corrected chi connectivity index (χ0v) is 17.6. The van der Waals surface area contributed by atoms with Crippen LogP contribution in [0.5, 0.6) is 0 Å². The second-order valence-electron chi connectivity index (χ2n) is 6.62. The van der Waals surface area contributed by atoms with Crippen LogP contribution in [0.3, 0.4) is 0 Å². The van der Waals surface area contributed by atoms with E-state index in [4.69, 9.17) is 0 Å². The van der Waals surface area contributed by atoms with E-state index < -0.39 is 26.9 Å². The second kappa shape index (κ2) is 8.70. The summed E-state index contributed by atoms with van der Waals surface area (Å²) in [4.78, 5) is 1.05. The number of sulfonamides is 1. The van der Waals surface area contributed by atoms with Gasteiger partial charge in [-0.3, -0.25) is 0 Å². The van der Waals surface area contributed by atoms with Gasteiger partial charge in [0.05, 0.1) is 21.8 Å². The molecule has 0 aliphatic rings. The molecule has 0 amide bonds. The van der Waals surface area contributed by atoms with Crippen molar-refractivity contribution < 1.29 is 12.6 Å². The van der Waals surface area contributed by atoms with Crippen LogP contribution in [0.25, 0.3) is 0 Å². The van der Waals surface area contributed by atoms with Gasteiger partial charge in [-0.25, -0.2) is 12.6 Å². The monoisotopic (exact) mass is 424 g/mol. The number of nitrogens with zero attached hydrogens (tertiary/aromatic N) is 1. The van der Waals surface area contributed by atoms with Crippen LogP contribution >= 0.6 is 0 Å². The van der Waals surface area contributed by atoms with Crippen LogP contribution in [0.15, 0.2) is 87.5 Å². The molecule has 0 fully saturated rings. The van der Waals surface area contributed by atoms with Crippen molar-refractivity contribution in [1.82, 2.24) is 4.72 Å². The Kier molecular flexibility index (Phi) is 6.28. The van der Waals surface area contributed by atoms with Gasteiger partial charge < -0.3 is 0 Å². The maximum atomic E-state index is 13.1. The Bertz CT molecular complexity index is 1180. The van der Waals surface area contributed by atoms with Crippen LogP contribution in [0.4, 0.5) is 0 Å². The molecule has 0 heterocycles. The standard InChI is InChI=1S/C22H20N2O3S2/c1-16-7-11-18(12-8-16)28(25)22-6-4-3-5-20(22)21(15-23)24-29(26,27)19-13-9-17(2)10-14-19/h3-14,21,24H,1-2H3/t21-,28+/m1/s1. The first kappa shape index (κ1) is 20.9. The first-order chi connectivity index (χ1) is 13.8. The fourth-order valence-electron chi connectivity index (χ4n) is 2.78. The van der Waals surface area contributed by atoms with E-state index in [1.807, 2.05) is 32.0 Å². The van der Waals surface area contributed by atoms with Gasteiger partial charge in [-0.15, -0.1) is 0 Å². The van der Waals surface area contributed by atoms with Crippen molar-refractivity contribution >= 4 is 20.8 Å². The maximum Gasteiger partial charge on any atom is 0.242 e. The quantitative estimate of drug-likeness (QED) is 0.648. The molecule has 3 rings (SSSR count). The lowest BCUT2D eigenvalue weighted by Gasteiger charge is -2.16. The number of benzene rings is 3. The van der Waals surface area contributed by atoms with Crippen LogP contribution < -0.4 is 4.72 Å². The molecular formula is C22H20N2O3S2. The normalized spacial score (nSPS) is 13.4. The summed E-state index contributed by atoms with van der Waals surface area (Å²) >= 11 is 0. The van der Waals surface area contributed by atoms with Crippen molar-refractivity contribution in [2.24, 2.45) is 0 Å². The van der Waals surface area contributed by atoms with E-state index in [2.05, 4.69) is 4.72 Å². The molecule has 3 aromatic rings. The van der Waals surface area contributed by atoms with E-state index in [1.165, 1.54) is 12.1 Å². The summed E-state index contributed by atoms with van der Waals surface area (Å²) in [5.41, 5.74) is 2.34. The summed E-state index contributed by atoms with van der Waals surface area (Å²) in [6.45, 7) is 3.80. The molecule has 0 radical (unpaired) electrons. The predicted molar refractivity (Wildman–Crippen MR) is 112 cm³/mol. The summed E-state index contributed by atoms with van der Waals surface area (Å²) in [5, 5.41) is 9.67. The molecule has 0 unspecified atom stereocenters. The lowest BCUT2D eigenvalue weighted by Crippen LogP contribution is -2.28. The number of rotatable bonds is 6. The minimum atomic E-state index is -3.92. The molecule has 0 spiro atoms. The molecule has 0 aromatic heterocycles. The SMILES string of the molecule is Cc1ccc([S@](=O)c2ccccc2[C@@H](C#N)NS(=O)(=O)c2ccc(C)cc2)cc1. The zero-order valence-electron chi connectivity index (χ0n) is 16.0. The highest BCUT2D eigenvalue weighted by molar-refractivity contribution is 7.89. The van der Waals surface area contributed by atoms with Crippen LogP contribution in [-0.2, 0) is 20.8 Å². The van der Waals surface area contributed by atoms with Crippen LogP contribution in [0, 0.1) is 25.2 Å². The molecule has 1 N–H and O–H groups in total. The van der Waals surface area contributed by atoms with Gasteiger partial charge in [-0.05, 0) is 44.2 Å². The smallest absolute Gasteiger partial charge is 0.242 e. The molecule has 0 aliphatic carbocycles. The third-order valence-electron chi connectivity index (χ3n) is 4.40. The summed E-state index contributed by atoms with van der Waals surface area (Å²) in [6.07, 6.45) is 0. The Morgan fingerprint density at radius 3 is 2.03 bits per heavy atom. The van der Waals surface area contributed by atoms with Gasteiger partial charge in [0.25, 0.3) is 0 Å². The zero-order chi connectivity index (χ0) is 21.0. The largest absolute Gasteiger partial charge is 0.249 e. The fraction of sp³-hybridized carbons (Fsp3) is 0.136. The molecule has 0 bridgehead atoms. The van der Waals surface area contributed by atoms with E-state index in [0.29, 0.717) is 15.4 Å². The lowest BCUT2D eigenvalue weighted by atomic mass is 10.1. The Labute approximate surface area is 173 Å². The van der Waals surface area contributed by atoms with Crippen molar-refractivity contribution in [3.63, 3.8) is 0 Å². The van der Waals surface area contributed by atoms with E-state index in [-0.39, 0.29) is 4.90 Å². The molecule has 0 saturated heterocycles. The maximum absolute atomic E-state index is 13.1. The fourth-order valence-corrected chi connectivity index (χ4v) is 5.14. The second-order valence-corrected chi connectivity index (χ2v) is 9.78. The Hall–Kier alpha value is -2.79. The minimum Gasteiger partial charge on any atom is -0.249 e. The van der Waals surface area contributed by atoms with E-state index in [1.54, 1.807) is 48.5 Å². The number of hydrogen-bond acceptors (Lipinski definition) is 4. The minimum absolute atomic E-state index is 0.0699. The first-order valence-corrected chi connectivity index (χ1v) is 11.5.